The van der Waals surface area contributed by atoms with Crippen molar-refractivity contribution in [3.8, 4) is 6.07 Å². The number of aromatic nitrogens is 1. The first-order chi connectivity index (χ1) is 10.1. The van der Waals surface area contributed by atoms with E-state index in [0.717, 1.165) is 0 Å². The molecule has 1 N–H and O–H groups in total. The van der Waals surface area contributed by atoms with Crippen molar-refractivity contribution in [1.29, 1.82) is 5.26 Å². The summed E-state index contributed by atoms with van der Waals surface area (Å²) < 4.78 is 0. The Kier molecular flexibility index (Phi) is 4.62. The van der Waals surface area contributed by atoms with Gasteiger partial charge in [0.15, 0.2) is 0 Å². The van der Waals surface area contributed by atoms with Gasteiger partial charge in [0.05, 0.1) is 12.1 Å². The van der Waals surface area contributed by atoms with E-state index in [9.17, 15) is 10.1 Å². The van der Waals surface area contributed by atoms with E-state index in [0.29, 0.717) is 49.5 Å². The molecule has 1 amide bonds. The highest BCUT2D eigenvalue weighted by atomic mass is 35.5. The molecule has 0 aromatic carbocycles. The predicted molar refractivity (Wildman–Crippen MR) is 79.4 cm³/mol. The van der Waals surface area contributed by atoms with Crippen LogP contribution in [0.4, 0.5) is 11.5 Å². The van der Waals surface area contributed by atoms with Gasteiger partial charge in [0, 0.05) is 26.1 Å². The molecule has 0 radical (unpaired) electrons. The molecule has 6 nitrogen and oxygen atoms in total. The second-order valence-corrected chi connectivity index (χ2v) is 4.95. The summed E-state index contributed by atoms with van der Waals surface area (Å²) in [6.45, 7) is 10.8. The average Bonchev–Trinajstić information content (AvgIpc) is 2.70. The molecular formula is C14H14ClN5O. The Morgan fingerprint density at radius 2 is 2.33 bits per heavy atom. The van der Waals surface area contributed by atoms with Gasteiger partial charge in [-0.2, -0.15) is 5.26 Å². The Bertz CT molecular complexity index is 659. The summed E-state index contributed by atoms with van der Waals surface area (Å²) in [4.78, 5) is 21.1. The SMILES string of the molecule is [C-]#[N+]c1c(N2CCNC(=O)CC2)nc(Cl)c(C#N)c1CC. The molecule has 108 valence electrons. The molecule has 1 aliphatic rings. The third kappa shape index (κ3) is 2.91. The van der Waals surface area contributed by atoms with E-state index in [-0.39, 0.29) is 16.6 Å². The summed E-state index contributed by atoms with van der Waals surface area (Å²) in [7, 11) is 0. The van der Waals surface area contributed by atoms with Crippen molar-refractivity contribution >= 4 is 29.0 Å². The van der Waals surface area contributed by atoms with Crippen LogP contribution in [0.5, 0.6) is 0 Å². The minimum atomic E-state index is -0.0164. The normalized spacial score (nSPS) is 14.9. The number of halogens is 1. The minimum absolute atomic E-state index is 0.0164. The van der Waals surface area contributed by atoms with E-state index in [2.05, 4.69) is 15.1 Å². The van der Waals surface area contributed by atoms with E-state index in [1.165, 1.54) is 0 Å². The lowest BCUT2D eigenvalue weighted by molar-refractivity contribution is -0.120. The van der Waals surface area contributed by atoms with Crippen LogP contribution in [0.3, 0.4) is 0 Å². The van der Waals surface area contributed by atoms with Crippen LogP contribution in [0.15, 0.2) is 0 Å². The molecule has 0 saturated carbocycles. The van der Waals surface area contributed by atoms with Gasteiger partial charge in [-0.1, -0.05) is 18.5 Å². The number of anilines is 1. The van der Waals surface area contributed by atoms with Crippen LogP contribution in [-0.2, 0) is 11.2 Å². The number of nitrogens with zero attached hydrogens (tertiary/aromatic N) is 4. The monoisotopic (exact) mass is 303 g/mol. The van der Waals surface area contributed by atoms with Gasteiger partial charge in [-0.25, -0.2) is 9.83 Å². The van der Waals surface area contributed by atoms with Crippen molar-refractivity contribution < 1.29 is 4.79 Å². The number of rotatable bonds is 2. The molecule has 0 unspecified atom stereocenters. The van der Waals surface area contributed by atoms with Crippen LogP contribution in [0.1, 0.15) is 24.5 Å². The van der Waals surface area contributed by atoms with Crippen molar-refractivity contribution in [2.24, 2.45) is 0 Å². The van der Waals surface area contributed by atoms with Crippen molar-refractivity contribution in [2.75, 3.05) is 24.5 Å². The van der Waals surface area contributed by atoms with Crippen LogP contribution in [0.2, 0.25) is 5.15 Å². The lowest BCUT2D eigenvalue weighted by atomic mass is 10.1. The van der Waals surface area contributed by atoms with Crippen LogP contribution in [0.25, 0.3) is 4.85 Å². The van der Waals surface area contributed by atoms with E-state index in [4.69, 9.17) is 18.2 Å². The molecule has 1 aliphatic heterocycles. The lowest BCUT2D eigenvalue weighted by Crippen LogP contribution is -2.29. The van der Waals surface area contributed by atoms with Gasteiger partial charge in [-0.05, 0) is 12.0 Å². The first-order valence-electron chi connectivity index (χ1n) is 6.63. The smallest absolute Gasteiger partial charge is 0.232 e. The number of nitrogens with one attached hydrogen (secondary N) is 1. The minimum Gasteiger partial charge on any atom is -0.363 e. The molecule has 0 spiro atoms. The predicted octanol–water partition coefficient (Wildman–Crippen LogP) is 2.05. The maximum Gasteiger partial charge on any atom is 0.232 e. The Morgan fingerprint density at radius 1 is 1.57 bits per heavy atom. The van der Waals surface area contributed by atoms with Crippen molar-refractivity contribution in [2.45, 2.75) is 19.8 Å². The third-order valence-electron chi connectivity index (χ3n) is 3.40. The molecule has 1 aromatic heterocycles. The molecule has 0 aliphatic carbocycles. The molecule has 21 heavy (non-hydrogen) atoms. The molecule has 1 aromatic rings. The second kappa shape index (κ2) is 6.43. The summed E-state index contributed by atoms with van der Waals surface area (Å²) in [5.41, 5.74) is 1.23. The highest BCUT2D eigenvalue weighted by Gasteiger charge is 2.23. The number of nitriles is 1. The lowest BCUT2D eigenvalue weighted by Gasteiger charge is -2.23. The molecule has 7 heteroatoms. The fraction of sp³-hybridized carbons (Fsp3) is 0.429. The summed E-state index contributed by atoms with van der Waals surface area (Å²) in [6.07, 6.45) is 0.874. The maximum atomic E-state index is 11.4. The largest absolute Gasteiger partial charge is 0.363 e. The second-order valence-electron chi connectivity index (χ2n) is 4.59. The third-order valence-corrected chi connectivity index (χ3v) is 3.67. The molecule has 0 atom stereocenters. The average molecular weight is 304 g/mol. The number of pyridine rings is 1. The van der Waals surface area contributed by atoms with E-state index in [1.54, 1.807) is 0 Å². The van der Waals surface area contributed by atoms with Gasteiger partial charge in [-0.15, -0.1) is 0 Å². The summed E-state index contributed by atoms with van der Waals surface area (Å²) in [6, 6.07) is 2.02. The highest BCUT2D eigenvalue weighted by Crippen LogP contribution is 2.36. The number of carbonyl (C=O) groups excluding carboxylic acids is 1. The van der Waals surface area contributed by atoms with Gasteiger partial charge in [-0.3, -0.25) is 4.79 Å². The zero-order valence-electron chi connectivity index (χ0n) is 11.6. The molecule has 1 saturated heterocycles. The molecular weight excluding hydrogens is 290 g/mol. The fourth-order valence-electron chi connectivity index (χ4n) is 2.35. The summed E-state index contributed by atoms with van der Waals surface area (Å²) in [5.74, 6) is 0.444. The first kappa shape index (κ1) is 15.1. The molecule has 0 bridgehead atoms. The Morgan fingerprint density at radius 3 is 2.95 bits per heavy atom. The van der Waals surface area contributed by atoms with E-state index < -0.39 is 0 Å². The number of hydrogen-bond donors (Lipinski definition) is 1. The van der Waals surface area contributed by atoms with Crippen molar-refractivity contribution in [3.63, 3.8) is 0 Å². The topological polar surface area (TPSA) is 73.4 Å². The first-order valence-corrected chi connectivity index (χ1v) is 7.01. The zero-order chi connectivity index (χ0) is 15.4. The summed E-state index contributed by atoms with van der Waals surface area (Å²) in [5, 5.41) is 12.1. The highest BCUT2D eigenvalue weighted by molar-refractivity contribution is 6.31. The molecule has 2 rings (SSSR count). The maximum absolute atomic E-state index is 11.4. The molecule has 2 heterocycles. The van der Waals surface area contributed by atoms with Gasteiger partial charge in [0.2, 0.25) is 11.6 Å². The Balaban J connectivity index is 2.54. The van der Waals surface area contributed by atoms with Crippen molar-refractivity contribution in [1.82, 2.24) is 10.3 Å². The Labute approximate surface area is 128 Å². The zero-order valence-corrected chi connectivity index (χ0v) is 12.4. The fourth-order valence-corrected chi connectivity index (χ4v) is 2.59. The van der Waals surface area contributed by atoms with Gasteiger partial charge in [0.1, 0.15) is 17.0 Å². The van der Waals surface area contributed by atoms with Crippen LogP contribution < -0.4 is 10.2 Å². The summed E-state index contributed by atoms with van der Waals surface area (Å²) >= 11 is 6.09. The van der Waals surface area contributed by atoms with Crippen LogP contribution in [0, 0.1) is 17.9 Å². The van der Waals surface area contributed by atoms with Crippen LogP contribution >= 0.6 is 11.6 Å². The van der Waals surface area contributed by atoms with Crippen LogP contribution in [-0.4, -0.2) is 30.5 Å². The van der Waals surface area contributed by atoms with Gasteiger partial charge >= 0.3 is 0 Å². The van der Waals surface area contributed by atoms with Gasteiger partial charge < -0.3 is 10.2 Å². The van der Waals surface area contributed by atoms with E-state index in [1.807, 2.05) is 17.9 Å². The quantitative estimate of drug-likeness (QED) is 0.670. The van der Waals surface area contributed by atoms with E-state index >= 15 is 0 Å². The standard InChI is InChI=1S/C14H14ClN5O/c1-3-9-10(8-16)13(15)19-14(12(9)17-2)20-6-4-11(21)18-5-7-20/h3-7H2,1H3,(H,18,21). The van der Waals surface area contributed by atoms with Crippen molar-refractivity contribution in [3.05, 3.63) is 27.7 Å². The number of hydrogen-bond acceptors (Lipinski definition) is 4. The number of carbonyl (C=O) groups is 1. The number of amides is 1. The molecule has 1 fully saturated rings. The van der Waals surface area contributed by atoms with Gasteiger partial charge in [0.25, 0.3) is 0 Å². The Hall–Kier alpha value is -2.31.